The van der Waals surface area contributed by atoms with Crippen molar-refractivity contribution >= 4 is 51.2 Å². The van der Waals surface area contributed by atoms with Crippen molar-refractivity contribution in [3.63, 3.8) is 0 Å². The van der Waals surface area contributed by atoms with Crippen LogP contribution in [0.1, 0.15) is 28.9 Å². The number of thioether (sulfide) groups is 1. The zero-order valence-corrected chi connectivity index (χ0v) is 20.6. The fourth-order valence-corrected chi connectivity index (χ4v) is 5.45. The maximum atomic E-state index is 13.1. The van der Waals surface area contributed by atoms with Gasteiger partial charge in [0.05, 0.1) is 33.9 Å². The Morgan fingerprint density at radius 3 is 2.44 bits per heavy atom. The number of aryl methyl sites for hydroxylation is 2. The molecule has 3 aromatic carbocycles. The first-order chi connectivity index (χ1) is 16.3. The number of hydrogen-bond acceptors (Lipinski definition) is 4. The van der Waals surface area contributed by atoms with Crippen LogP contribution in [-0.4, -0.2) is 30.2 Å². The van der Waals surface area contributed by atoms with Crippen LogP contribution in [0.25, 0.3) is 22.1 Å². The summed E-state index contributed by atoms with van der Waals surface area (Å²) in [5, 5.41) is 1.38. The average Bonchev–Trinajstić information content (AvgIpc) is 3.32. The highest BCUT2D eigenvalue weighted by atomic mass is 35.5. The molecule has 0 N–H and O–H groups in total. The minimum absolute atomic E-state index is 0.0211. The van der Waals surface area contributed by atoms with Gasteiger partial charge in [0.2, 0.25) is 0 Å². The number of imidazole rings is 2. The molecular weight excluding hydrogens is 468 g/mol. The van der Waals surface area contributed by atoms with E-state index in [0.29, 0.717) is 10.6 Å². The average molecular weight is 491 g/mol. The first-order valence-corrected chi connectivity index (χ1v) is 12.3. The highest BCUT2D eigenvalue weighted by Crippen LogP contribution is 2.32. The number of fused-ring (bicyclic) bond motifs is 2. The molecule has 0 aliphatic rings. The first kappa shape index (κ1) is 22.5. The summed E-state index contributed by atoms with van der Waals surface area (Å²) in [4.78, 5) is 30.1. The molecule has 0 spiro atoms. The van der Waals surface area contributed by atoms with Crippen LogP contribution >= 0.6 is 23.4 Å². The Kier molecular flexibility index (Phi) is 5.83. The van der Waals surface area contributed by atoms with Crippen molar-refractivity contribution in [2.24, 2.45) is 14.1 Å². The quantitative estimate of drug-likeness (QED) is 0.234. The second-order valence-corrected chi connectivity index (χ2v) is 9.68. The number of carbonyl (C=O) groups excluding carboxylic acids is 1. The minimum Gasteiger partial charge on any atom is -0.312 e. The molecule has 0 aliphatic heterocycles. The molecule has 0 fully saturated rings. The van der Waals surface area contributed by atoms with Crippen LogP contribution in [0.4, 0.5) is 0 Å². The molecule has 2 heterocycles. The lowest BCUT2D eigenvalue weighted by Crippen LogP contribution is -2.19. The van der Waals surface area contributed by atoms with E-state index in [-0.39, 0.29) is 23.3 Å². The molecule has 34 heavy (non-hydrogen) atoms. The fourth-order valence-electron chi connectivity index (χ4n) is 4.30. The number of halogens is 1. The number of aromatic nitrogens is 4. The third kappa shape index (κ3) is 3.85. The molecular formula is C26H23ClN4O2S. The summed E-state index contributed by atoms with van der Waals surface area (Å²) in [6.07, 6.45) is 0. The predicted molar refractivity (Wildman–Crippen MR) is 138 cm³/mol. The van der Waals surface area contributed by atoms with E-state index in [2.05, 4.69) is 23.6 Å². The van der Waals surface area contributed by atoms with E-state index >= 15 is 0 Å². The number of hydrogen-bond donors (Lipinski definition) is 0. The maximum absolute atomic E-state index is 13.1. The molecule has 0 unspecified atom stereocenters. The molecule has 0 radical (unpaired) electrons. The summed E-state index contributed by atoms with van der Waals surface area (Å²) in [6.45, 7) is 2.13. The Morgan fingerprint density at radius 2 is 1.68 bits per heavy atom. The molecule has 2 aromatic heterocycles. The molecule has 172 valence electrons. The van der Waals surface area contributed by atoms with Crippen LogP contribution in [0.5, 0.6) is 0 Å². The van der Waals surface area contributed by atoms with Crippen LogP contribution in [0.3, 0.4) is 0 Å². The summed E-state index contributed by atoms with van der Waals surface area (Å²) in [5.74, 6) is 0.206. The Morgan fingerprint density at radius 1 is 0.971 bits per heavy atom. The van der Waals surface area contributed by atoms with Crippen molar-refractivity contribution in [1.29, 1.82) is 0 Å². The summed E-state index contributed by atoms with van der Waals surface area (Å²) < 4.78 is 5.30. The van der Waals surface area contributed by atoms with E-state index in [9.17, 15) is 9.59 Å². The van der Waals surface area contributed by atoms with Gasteiger partial charge in [-0.1, -0.05) is 53.7 Å². The molecule has 6 nitrogen and oxygen atoms in total. The normalized spacial score (nSPS) is 12.5. The van der Waals surface area contributed by atoms with Crippen LogP contribution in [-0.2, 0) is 14.1 Å². The van der Waals surface area contributed by atoms with Crippen molar-refractivity contribution in [1.82, 2.24) is 18.7 Å². The van der Waals surface area contributed by atoms with Crippen LogP contribution < -0.4 is 5.69 Å². The van der Waals surface area contributed by atoms with Gasteiger partial charge in [0.1, 0.15) is 0 Å². The Labute approximate surface area is 205 Å². The Balaban J connectivity index is 1.48. The van der Waals surface area contributed by atoms with Crippen molar-refractivity contribution in [2.45, 2.75) is 18.1 Å². The van der Waals surface area contributed by atoms with Gasteiger partial charge in [-0.3, -0.25) is 13.9 Å². The number of carbonyl (C=O) groups is 1. The van der Waals surface area contributed by atoms with Crippen molar-refractivity contribution in [2.75, 3.05) is 5.75 Å². The number of nitrogens with zero attached hydrogens (tertiary/aromatic N) is 4. The van der Waals surface area contributed by atoms with E-state index in [4.69, 9.17) is 16.6 Å². The largest absolute Gasteiger partial charge is 0.328 e. The second-order valence-electron chi connectivity index (χ2n) is 8.30. The molecule has 5 aromatic rings. The monoisotopic (exact) mass is 490 g/mol. The molecule has 0 aliphatic carbocycles. The van der Waals surface area contributed by atoms with E-state index < -0.39 is 0 Å². The molecule has 0 saturated heterocycles. The summed E-state index contributed by atoms with van der Waals surface area (Å²) in [6, 6.07) is 21.3. The Hall–Kier alpha value is -3.29. The zero-order chi connectivity index (χ0) is 24.0. The van der Waals surface area contributed by atoms with E-state index in [1.807, 2.05) is 42.5 Å². The summed E-state index contributed by atoms with van der Waals surface area (Å²) in [5.41, 5.74) is 4.91. The van der Waals surface area contributed by atoms with Gasteiger partial charge in [-0.25, -0.2) is 9.78 Å². The minimum atomic E-state index is -0.115. The number of Topliss-reactive ketones (excluding diaryl/α,β-unsaturated/α-hetero) is 1. The molecule has 5 rings (SSSR count). The van der Waals surface area contributed by atoms with Gasteiger partial charge >= 0.3 is 5.69 Å². The molecule has 8 heteroatoms. The smallest absolute Gasteiger partial charge is 0.312 e. The second kappa shape index (κ2) is 8.81. The van der Waals surface area contributed by atoms with Gasteiger partial charge in [-0.15, -0.1) is 0 Å². The maximum Gasteiger partial charge on any atom is 0.328 e. The van der Waals surface area contributed by atoms with E-state index in [0.717, 1.165) is 32.8 Å². The van der Waals surface area contributed by atoms with E-state index in [1.54, 1.807) is 35.4 Å². The summed E-state index contributed by atoms with van der Waals surface area (Å²) in [7, 11) is 3.44. The molecule has 0 bridgehead atoms. The van der Waals surface area contributed by atoms with Crippen LogP contribution in [0.2, 0.25) is 5.02 Å². The van der Waals surface area contributed by atoms with Gasteiger partial charge in [-0.2, -0.15) is 0 Å². The SMILES string of the molecule is C[C@H](c1ccccc1)n1c(SCC(=O)c2ccc3c(c2)n(C)c(=O)n3C)nc2cc(Cl)ccc21. The predicted octanol–water partition coefficient (Wildman–Crippen LogP) is 5.46. The van der Waals surface area contributed by atoms with Gasteiger partial charge < -0.3 is 4.57 Å². The lowest BCUT2D eigenvalue weighted by molar-refractivity contribution is 0.102. The first-order valence-electron chi connectivity index (χ1n) is 10.9. The third-order valence-corrected chi connectivity index (χ3v) is 7.40. The molecule has 1 atom stereocenters. The third-order valence-electron chi connectivity index (χ3n) is 6.21. The van der Waals surface area contributed by atoms with Crippen molar-refractivity contribution in [3.05, 3.63) is 93.4 Å². The summed E-state index contributed by atoms with van der Waals surface area (Å²) >= 11 is 7.63. The number of benzene rings is 3. The zero-order valence-electron chi connectivity index (χ0n) is 19.0. The number of rotatable bonds is 6. The molecule has 0 saturated carbocycles. The van der Waals surface area contributed by atoms with Crippen molar-refractivity contribution in [3.8, 4) is 0 Å². The molecule has 0 amide bonds. The number of ketones is 1. The lowest BCUT2D eigenvalue weighted by Gasteiger charge is -2.18. The van der Waals surface area contributed by atoms with Gasteiger partial charge in [0.25, 0.3) is 0 Å². The Bertz CT molecular complexity index is 1600. The lowest BCUT2D eigenvalue weighted by atomic mass is 10.1. The van der Waals surface area contributed by atoms with Gasteiger partial charge in [0.15, 0.2) is 10.9 Å². The van der Waals surface area contributed by atoms with E-state index in [1.165, 1.54) is 11.8 Å². The fraction of sp³-hybridized carbons (Fsp3) is 0.192. The highest BCUT2D eigenvalue weighted by Gasteiger charge is 2.20. The van der Waals surface area contributed by atoms with Gasteiger partial charge in [-0.05, 0) is 48.9 Å². The van der Waals surface area contributed by atoms with Crippen LogP contribution in [0, 0.1) is 0 Å². The standard InChI is InChI=1S/C26H23ClN4O2S/c1-16(17-7-5-4-6-8-17)31-21-12-10-19(27)14-20(21)28-25(31)34-15-24(32)18-9-11-22-23(13-18)30(3)26(33)29(22)2/h4-14,16H,15H2,1-3H3/t16-/m1/s1. The topological polar surface area (TPSA) is 61.8 Å². The van der Waals surface area contributed by atoms with Crippen molar-refractivity contribution < 1.29 is 4.79 Å². The van der Waals surface area contributed by atoms with Crippen LogP contribution in [0.15, 0.2) is 76.7 Å². The highest BCUT2D eigenvalue weighted by molar-refractivity contribution is 7.99. The van der Waals surface area contributed by atoms with Gasteiger partial charge in [0, 0.05) is 24.7 Å².